The summed E-state index contributed by atoms with van der Waals surface area (Å²) in [6.45, 7) is 0. The van der Waals surface area contributed by atoms with Gasteiger partial charge in [0.15, 0.2) is 11.5 Å². The number of aromatic amines is 1. The minimum atomic E-state index is -0.210. The van der Waals surface area contributed by atoms with Gasteiger partial charge < -0.3 is 4.98 Å². The first-order valence-electron chi connectivity index (χ1n) is 4.79. The van der Waals surface area contributed by atoms with Gasteiger partial charge in [0, 0.05) is 10.7 Å². The van der Waals surface area contributed by atoms with Gasteiger partial charge in [0.25, 0.3) is 5.56 Å². The van der Waals surface area contributed by atoms with Crippen LogP contribution >= 0.6 is 15.9 Å². The molecule has 7 heteroatoms. The molecule has 0 atom stereocenters. The molecule has 1 N–H and O–H groups in total. The van der Waals surface area contributed by atoms with Crippen LogP contribution in [0.1, 0.15) is 0 Å². The van der Waals surface area contributed by atoms with Crippen LogP contribution in [0.5, 0.6) is 0 Å². The number of nitrogens with one attached hydrogen (secondary N) is 1. The molecule has 0 bridgehead atoms. The van der Waals surface area contributed by atoms with Crippen LogP contribution in [-0.4, -0.2) is 24.7 Å². The van der Waals surface area contributed by atoms with Crippen LogP contribution in [-0.2, 0) is 0 Å². The number of halogens is 1. The number of hydrogen-bond acceptors (Lipinski definition) is 4. The van der Waals surface area contributed by atoms with Crippen molar-refractivity contribution in [3.05, 3.63) is 45.7 Å². The second-order valence-corrected chi connectivity index (χ2v) is 4.28. The Morgan fingerprint density at radius 2 is 2.12 bits per heavy atom. The van der Waals surface area contributed by atoms with E-state index in [4.69, 9.17) is 0 Å². The normalized spacial score (nSPS) is 10.9. The lowest BCUT2D eigenvalue weighted by Crippen LogP contribution is -2.07. The molecule has 0 saturated carbocycles. The van der Waals surface area contributed by atoms with Crippen LogP contribution < -0.4 is 5.56 Å². The molecule has 0 fully saturated rings. The third-order valence-electron chi connectivity index (χ3n) is 2.30. The molecule has 3 aromatic heterocycles. The summed E-state index contributed by atoms with van der Waals surface area (Å²) in [7, 11) is 0. The van der Waals surface area contributed by atoms with Crippen LogP contribution in [0.15, 0.2) is 40.1 Å². The highest BCUT2D eigenvalue weighted by Crippen LogP contribution is 2.13. The predicted octanol–water partition coefficient (Wildman–Crippen LogP) is 1.27. The zero-order chi connectivity index (χ0) is 11.8. The first-order valence-corrected chi connectivity index (χ1v) is 5.58. The molecule has 17 heavy (non-hydrogen) atoms. The van der Waals surface area contributed by atoms with Crippen molar-refractivity contribution >= 4 is 27.0 Å². The Bertz CT molecular complexity index is 730. The topological polar surface area (TPSA) is 76.5 Å². The highest BCUT2D eigenvalue weighted by Gasteiger charge is 2.09. The fourth-order valence-corrected chi connectivity index (χ4v) is 1.75. The Morgan fingerprint density at radius 3 is 2.88 bits per heavy atom. The first-order chi connectivity index (χ1) is 8.25. The minimum absolute atomic E-state index is 0.210. The molecule has 6 nitrogen and oxygen atoms in total. The quantitative estimate of drug-likeness (QED) is 0.732. The van der Waals surface area contributed by atoms with E-state index in [1.807, 2.05) is 6.07 Å². The van der Waals surface area contributed by atoms with Crippen LogP contribution in [0, 0.1) is 0 Å². The van der Waals surface area contributed by atoms with E-state index in [1.54, 1.807) is 12.3 Å². The van der Waals surface area contributed by atoms with Crippen molar-refractivity contribution < 1.29 is 0 Å². The van der Waals surface area contributed by atoms with Gasteiger partial charge in [-0.15, -0.1) is 0 Å². The number of pyridine rings is 1. The summed E-state index contributed by atoms with van der Waals surface area (Å²) in [5.41, 5.74) is 0.280. The Balaban J connectivity index is 2.28. The molecule has 3 aromatic rings. The second-order valence-electron chi connectivity index (χ2n) is 3.36. The van der Waals surface area contributed by atoms with Crippen molar-refractivity contribution in [2.45, 2.75) is 0 Å². The summed E-state index contributed by atoms with van der Waals surface area (Å²) in [4.78, 5) is 22.3. The molecular weight excluding hydrogens is 286 g/mol. The van der Waals surface area contributed by atoms with Gasteiger partial charge in [0.05, 0.1) is 12.5 Å². The molecule has 0 saturated heterocycles. The van der Waals surface area contributed by atoms with Gasteiger partial charge in [-0.2, -0.15) is 9.78 Å². The number of nitrogens with zero attached hydrogens (tertiary/aromatic N) is 4. The van der Waals surface area contributed by atoms with Crippen molar-refractivity contribution in [1.82, 2.24) is 24.7 Å². The Morgan fingerprint density at radius 1 is 1.24 bits per heavy atom. The molecule has 0 aliphatic heterocycles. The van der Waals surface area contributed by atoms with E-state index in [2.05, 4.69) is 36.0 Å². The van der Waals surface area contributed by atoms with Gasteiger partial charge in [0.1, 0.15) is 5.39 Å². The Kier molecular flexibility index (Phi) is 2.25. The summed E-state index contributed by atoms with van der Waals surface area (Å²) in [5, 5.41) is 4.55. The van der Waals surface area contributed by atoms with E-state index in [9.17, 15) is 4.79 Å². The summed E-state index contributed by atoms with van der Waals surface area (Å²) in [6, 6.07) is 3.64. The minimum Gasteiger partial charge on any atom is -0.312 e. The second kappa shape index (κ2) is 3.77. The summed E-state index contributed by atoms with van der Waals surface area (Å²) < 4.78 is 2.40. The zero-order valence-corrected chi connectivity index (χ0v) is 10.0. The molecule has 3 rings (SSSR count). The van der Waals surface area contributed by atoms with Gasteiger partial charge in [0.2, 0.25) is 0 Å². The standard InChI is InChI=1S/C10H6BrN5O/c11-6-1-2-8(12-3-6)16-9-7(4-15-16)10(17)14-5-13-9/h1-5H,(H,13,14,17). The van der Waals surface area contributed by atoms with E-state index in [-0.39, 0.29) is 5.56 Å². The molecular formula is C10H6BrN5O. The lowest BCUT2D eigenvalue weighted by Gasteiger charge is -2.00. The fourth-order valence-electron chi connectivity index (χ4n) is 1.52. The summed E-state index contributed by atoms with van der Waals surface area (Å²) >= 11 is 3.31. The summed E-state index contributed by atoms with van der Waals surface area (Å²) in [6.07, 6.45) is 4.49. The molecule has 0 spiro atoms. The molecule has 0 aromatic carbocycles. The van der Waals surface area contributed by atoms with Gasteiger partial charge in [-0.25, -0.2) is 9.97 Å². The lowest BCUT2D eigenvalue weighted by atomic mass is 10.4. The lowest BCUT2D eigenvalue weighted by molar-refractivity contribution is 0.860. The maximum absolute atomic E-state index is 11.5. The number of aromatic nitrogens is 5. The molecule has 0 unspecified atom stereocenters. The van der Waals surface area contributed by atoms with Crippen molar-refractivity contribution in [1.29, 1.82) is 0 Å². The molecule has 0 aliphatic rings. The van der Waals surface area contributed by atoms with Crippen molar-refractivity contribution in [3.8, 4) is 5.82 Å². The number of hydrogen-bond donors (Lipinski definition) is 1. The van der Waals surface area contributed by atoms with Crippen LogP contribution in [0.2, 0.25) is 0 Å². The largest absolute Gasteiger partial charge is 0.312 e. The predicted molar refractivity (Wildman–Crippen MR) is 65.0 cm³/mol. The van der Waals surface area contributed by atoms with Gasteiger partial charge in [-0.05, 0) is 28.1 Å². The van der Waals surface area contributed by atoms with Gasteiger partial charge >= 0.3 is 0 Å². The molecule has 84 valence electrons. The first kappa shape index (κ1) is 10.2. The molecule has 3 heterocycles. The molecule has 0 aliphatic carbocycles. The number of rotatable bonds is 1. The molecule has 0 amide bonds. The van der Waals surface area contributed by atoms with Crippen molar-refractivity contribution in [3.63, 3.8) is 0 Å². The smallest absolute Gasteiger partial charge is 0.261 e. The van der Waals surface area contributed by atoms with Gasteiger partial charge in [-0.1, -0.05) is 0 Å². The van der Waals surface area contributed by atoms with E-state index >= 15 is 0 Å². The van der Waals surface area contributed by atoms with Gasteiger partial charge in [-0.3, -0.25) is 4.79 Å². The third kappa shape index (κ3) is 1.64. The zero-order valence-electron chi connectivity index (χ0n) is 8.46. The van der Waals surface area contributed by atoms with Crippen LogP contribution in [0.4, 0.5) is 0 Å². The molecule has 0 radical (unpaired) electrons. The SMILES string of the molecule is O=c1[nH]cnc2c1cnn2-c1ccc(Br)cn1. The maximum Gasteiger partial charge on any atom is 0.261 e. The van der Waals surface area contributed by atoms with E-state index in [0.29, 0.717) is 16.9 Å². The van der Waals surface area contributed by atoms with Crippen molar-refractivity contribution in [2.75, 3.05) is 0 Å². The Hall–Kier alpha value is -2.02. The van der Waals surface area contributed by atoms with E-state index < -0.39 is 0 Å². The Labute approximate surface area is 103 Å². The monoisotopic (exact) mass is 291 g/mol. The number of fused-ring (bicyclic) bond motifs is 1. The van der Waals surface area contributed by atoms with E-state index in [0.717, 1.165) is 4.47 Å². The number of H-pyrrole nitrogens is 1. The highest BCUT2D eigenvalue weighted by molar-refractivity contribution is 9.10. The average Bonchev–Trinajstić information content (AvgIpc) is 2.75. The van der Waals surface area contributed by atoms with Crippen LogP contribution in [0.3, 0.4) is 0 Å². The van der Waals surface area contributed by atoms with Crippen LogP contribution in [0.25, 0.3) is 16.9 Å². The van der Waals surface area contributed by atoms with E-state index in [1.165, 1.54) is 17.2 Å². The third-order valence-corrected chi connectivity index (χ3v) is 2.77. The summed E-state index contributed by atoms with van der Waals surface area (Å²) in [5.74, 6) is 0.612. The van der Waals surface area contributed by atoms with Crippen molar-refractivity contribution in [2.24, 2.45) is 0 Å². The highest BCUT2D eigenvalue weighted by atomic mass is 79.9. The fraction of sp³-hybridized carbons (Fsp3) is 0. The average molecular weight is 292 g/mol. The maximum atomic E-state index is 11.5.